The molecule has 2 rings (SSSR count). The van der Waals surface area contributed by atoms with E-state index in [-0.39, 0.29) is 10.7 Å². The number of halogens is 2. The SMILES string of the molecule is O=C(O)[C@@H]1CC=CC[C@H]1C(=O)Nc1ccc(Cl)cc1F. The van der Waals surface area contributed by atoms with Crippen molar-refractivity contribution in [3.05, 3.63) is 41.2 Å². The smallest absolute Gasteiger partial charge is 0.307 e. The zero-order valence-electron chi connectivity index (χ0n) is 10.5. The van der Waals surface area contributed by atoms with E-state index >= 15 is 0 Å². The number of carbonyl (C=O) groups is 2. The molecule has 2 N–H and O–H groups in total. The maximum Gasteiger partial charge on any atom is 0.307 e. The van der Waals surface area contributed by atoms with Crippen LogP contribution in [-0.4, -0.2) is 17.0 Å². The lowest BCUT2D eigenvalue weighted by Crippen LogP contribution is -2.34. The van der Waals surface area contributed by atoms with Crippen molar-refractivity contribution < 1.29 is 19.1 Å². The van der Waals surface area contributed by atoms with Crippen LogP contribution in [0.1, 0.15) is 12.8 Å². The van der Waals surface area contributed by atoms with Crippen molar-refractivity contribution in [2.75, 3.05) is 5.32 Å². The second-order valence-corrected chi connectivity index (χ2v) is 5.04. The Balaban J connectivity index is 2.14. The molecule has 0 heterocycles. The fourth-order valence-corrected chi connectivity index (χ4v) is 2.35. The van der Waals surface area contributed by atoms with Crippen LogP contribution < -0.4 is 5.32 Å². The minimum Gasteiger partial charge on any atom is -0.481 e. The minimum atomic E-state index is -1.02. The molecule has 0 bridgehead atoms. The van der Waals surface area contributed by atoms with Crippen LogP contribution >= 0.6 is 11.6 Å². The highest BCUT2D eigenvalue weighted by molar-refractivity contribution is 6.30. The lowest BCUT2D eigenvalue weighted by Gasteiger charge is -2.24. The van der Waals surface area contributed by atoms with Crippen LogP contribution in [0.25, 0.3) is 0 Å². The number of allylic oxidation sites excluding steroid dienone is 2. The number of amides is 1. The zero-order chi connectivity index (χ0) is 14.7. The molecule has 1 aliphatic rings. The molecule has 0 aromatic heterocycles. The summed E-state index contributed by atoms with van der Waals surface area (Å²) < 4.78 is 13.6. The number of rotatable bonds is 3. The van der Waals surface area contributed by atoms with Gasteiger partial charge in [-0.05, 0) is 31.0 Å². The van der Waals surface area contributed by atoms with Crippen LogP contribution in [0.5, 0.6) is 0 Å². The second-order valence-electron chi connectivity index (χ2n) is 4.61. The van der Waals surface area contributed by atoms with Crippen LogP contribution in [0.3, 0.4) is 0 Å². The fraction of sp³-hybridized carbons (Fsp3) is 0.286. The molecule has 1 aliphatic carbocycles. The molecule has 0 unspecified atom stereocenters. The van der Waals surface area contributed by atoms with Gasteiger partial charge in [0, 0.05) is 5.02 Å². The predicted octanol–water partition coefficient (Wildman–Crippen LogP) is 3.08. The normalized spacial score (nSPS) is 21.5. The van der Waals surface area contributed by atoms with E-state index in [4.69, 9.17) is 16.7 Å². The van der Waals surface area contributed by atoms with E-state index in [1.165, 1.54) is 12.1 Å². The van der Waals surface area contributed by atoms with Crippen molar-refractivity contribution in [3.63, 3.8) is 0 Å². The number of benzene rings is 1. The first-order valence-electron chi connectivity index (χ1n) is 6.12. The van der Waals surface area contributed by atoms with Crippen LogP contribution in [0, 0.1) is 17.7 Å². The summed E-state index contributed by atoms with van der Waals surface area (Å²) >= 11 is 5.63. The lowest BCUT2D eigenvalue weighted by molar-refractivity contribution is -0.146. The zero-order valence-corrected chi connectivity index (χ0v) is 11.2. The minimum absolute atomic E-state index is 0.00177. The molecule has 1 aromatic rings. The molecule has 4 nitrogen and oxygen atoms in total. The third kappa shape index (κ3) is 3.17. The van der Waals surface area contributed by atoms with Gasteiger partial charge < -0.3 is 10.4 Å². The Hall–Kier alpha value is -1.88. The Kier molecular flexibility index (Phi) is 4.39. The number of carbonyl (C=O) groups excluding carboxylic acids is 1. The quantitative estimate of drug-likeness (QED) is 0.843. The van der Waals surface area contributed by atoms with Gasteiger partial charge >= 0.3 is 5.97 Å². The van der Waals surface area contributed by atoms with Gasteiger partial charge in [-0.3, -0.25) is 9.59 Å². The maximum absolute atomic E-state index is 13.6. The number of carboxylic acid groups (broad SMARTS) is 1. The summed E-state index contributed by atoms with van der Waals surface area (Å²) in [6.07, 6.45) is 4.14. The third-order valence-electron chi connectivity index (χ3n) is 3.28. The van der Waals surface area contributed by atoms with Crippen LogP contribution in [0.15, 0.2) is 30.4 Å². The van der Waals surface area contributed by atoms with Crippen molar-refractivity contribution in [3.8, 4) is 0 Å². The Morgan fingerprint density at radius 2 is 1.90 bits per heavy atom. The number of hydrogen-bond acceptors (Lipinski definition) is 2. The molecule has 0 saturated heterocycles. The molecule has 0 spiro atoms. The predicted molar refractivity (Wildman–Crippen MR) is 73.0 cm³/mol. The Morgan fingerprint density at radius 3 is 2.50 bits per heavy atom. The number of carboxylic acids is 1. The first kappa shape index (κ1) is 14.5. The average Bonchev–Trinajstić information content (AvgIpc) is 2.41. The van der Waals surface area contributed by atoms with Gasteiger partial charge in [0.25, 0.3) is 0 Å². The van der Waals surface area contributed by atoms with Crippen molar-refractivity contribution in [2.45, 2.75) is 12.8 Å². The molecule has 2 atom stereocenters. The van der Waals surface area contributed by atoms with Gasteiger partial charge in [0.15, 0.2) is 0 Å². The molecule has 1 amide bonds. The number of nitrogens with one attached hydrogen (secondary N) is 1. The third-order valence-corrected chi connectivity index (χ3v) is 3.51. The molecule has 106 valence electrons. The summed E-state index contributed by atoms with van der Waals surface area (Å²) in [4.78, 5) is 23.2. The summed E-state index contributed by atoms with van der Waals surface area (Å²) in [5.74, 6) is -3.65. The second kappa shape index (κ2) is 6.05. The number of anilines is 1. The molecule has 0 saturated carbocycles. The van der Waals surface area contributed by atoms with E-state index in [0.717, 1.165) is 6.07 Å². The van der Waals surface area contributed by atoms with E-state index in [2.05, 4.69) is 5.32 Å². The lowest BCUT2D eigenvalue weighted by atomic mass is 9.82. The Labute approximate surface area is 120 Å². The summed E-state index contributed by atoms with van der Waals surface area (Å²) in [6, 6.07) is 3.90. The highest BCUT2D eigenvalue weighted by Crippen LogP contribution is 2.28. The molecule has 20 heavy (non-hydrogen) atoms. The van der Waals surface area contributed by atoms with Gasteiger partial charge in [0.05, 0.1) is 17.5 Å². The van der Waals surface area contributed by atoms with Crippen molar-refractivity contribution >= 4 is 29.2 Å². The van der Waals surface area contributed by atoms with Crippen LogP contribution in [-0.2, 0) is 9.59 Å². The van der Waals surface area contributed by atoms with Gasteiger partial charge in [0.1, 0.15) is 5.82 Å². The summed E-state index contributed by atoms with van der Waals surface area (Å²) in [6.45, 7) is 0. The van der Waals surface area contributed by atoms with Gasteiger partial charge in [-0.25, -0.2) is 4.39 Å². The summed E-state index contributed by atoms with van der Waals surface area (Å²) in [5.41, 5.74) is -0.00177. The molecule has 0 aliphatic heterocycles. The molecule has 0 fully saturated rings. The molecule has 0 radical (unpaired) electrons. The molecule has 1 aromatic carbocycles. The number of hydrogen-bond donors (Lipinski definition) is 2. The molecular formula is C14H13ClFNO3. The van der Waals surface area contributed by atoms with Crippen molar-refractivity contribution in [2.24, 2.45) is 11.8 Å². The molecular weight excluding hydrogens is 285 g/mol. The van der Waals surface area contributed by atoms with Gasteiger partial charge in [-0.2, -0.15) is 0 Å². The summed E-state index contributed by atoms with van der Waals surface area (Å²) in [5, 5.41) is 11.8. The van der Waals surface area contributed by atoms with E-state index < -0.39 is 29.5 Å². The van der Waals surface area contributed by atoms with Gasteiger partial charge in [-0.15, -0.1) is 0 Å². The van der Waals surface area contributed by atoms with Crippen molar-refractivity contribution in [1.29, 1.82) is 0 Å². The number of aliphatic carboxylic acids is 1. The van der Waals surface area contributed by atoms with Gasteiger partial charge in [0.2, 0.25) is 5.91 Å². The Morgan fingerprint density at radius 1 is 1.25 bits per heavy atom. The van der Waals surface area contributed by atoms with Crippen LogP contribution in [0.2, 0.25) is 5.02 Å². The first-order valence-corrected chi connectivity index (χ1v) is 6.50. The highest BCUT2D eigenvalue weighted by atomic mass is 35.5. The molecule has 6 heteroatoms. The highest BCUT2D eigenvalue weighted by Gasteiger charge is 2.34. The summed E-state index contributed by atoms with van der Waals surface area (Å²) in [7, 11) is 0. The average molecular weight is 298 g/mol. The van der Waals surface area contributed by atoms with E-state index in [1.54, 1.807) is 12.2 Å². The largest absolute Gasteiger partial charge is 0.481 e. The monoisotopic (exact) mass is 297 g/mol. The first-order chi connectivity index (χ1) is 9.49. The topological polar surface area (TPSA) is 66.4 Å². The Bertz CT molecular complexity index is 574. The van der Waals surface area contributed by atoms with Gasteiger partial charge in [-0.1, -0.05) is 23.8 Å². The van der Waals surface area contributed by atoms with Crippen molar-refractivity contribution in [1.82, 2.24) is 0 Å². The van der Waals surface area contributed by atoms with E-state index in [0.29, 0.717) is 12.8 Å². The fourth-order valence-electron chi connectivity index (χ4n) is 2.19. The maximum atomic E-state index is 13.6. The van der Waals surface area contributed by atoms with E-state index in [1.807, 2.05) is 0 Å². The standard InChI is InChI=1S/C14H13ClFNO3/c15-8-5-6-12(11(16)7-8)17-13(18)9-3-1-2-4-10(9)14(19)20/h1-2,5-7,9-10H,3-4H2,(H,17,18)(H,19,20)/t9-,10-/m1/s1. The van der Waals surface area contributed by atoms with E-state index in [9.17, 15) is 14.0 Å². The van der Waals surface area contributed by atoms with Crippen LogP contribution in [0.4, 0.5) is 10.1 Å².